The Labute approximate surface area is 141 Å². The maximum Gasteiger partial charge on any atom is 0.341 e. The first kappa shape index (κ1) is 18.3. The van der Waals surface area contributed by atoms with E-state index >= 15 is 0 Å². The van der Waals surface area contributed by atoms with Crippen molar-refractivity contribution in [3.05, 3.63) is 59.4 Å². The normalized spacial score (nSPS) is 11.6. The minimum atomic E-state index is -1.36. The number of amides is 1. The summed E-state index contributed by atoms with van der Waals surface area (Å²) in [6.07, 6.45) is -1.36. The van der Waals surface area contributed by atoms with Crippen LogP contribution < -0.4 is 10.1 Å². The van der Waals surface area contributed by atoms with Crippen molar-refractivity contribution in [2.75, 3.05) is 12.4 Å². The number of hydrogen-bond donors (Lipinski definition) is 1. The summed E-state index contributed by atoms with van der Waals surface area (Å²) < 4.78 is 50.0. The van der Waals surface area contributed by atoms with Gasteiger partial charge in [0.05, 0.1) is 18.4 Å². The molecule has 0 aliphatic heterocycles. The van der Waals surface area contributed by atoms with Gasteiger partial charge < -0.3 is 14.8 Å². The van der Waals surface area contributed by atoms with E-state index in [1.165, 1.54) is 20.1 Å². The first-order valence-corrected chi connectivity index (χ1v) is 7.12. The lowest BCUT2D eigenvalue weighted by Crippen LogP contribution is -2.30. The van der Waals surface area contributed by atoms with E-state index in [-0.39, 0.29) is 5.75 Å². The molecule has 0 aliphatic carbocycles. The van der Waals surface area contributed by atoms with Crippen LogP contribution in [0.1, 0.15) is 17.3 Å². The second kappa shape index (κ2) is 7.69. The molecule has 0 radical (unpaired) electrons. The van der Waals surface area contributed by atoms with Crippen molar-refractivity contribution >= 4 is 17.6 Å². The standard InChI is InChI=1S/C17H14F3NO4/c1-9(16(22)21-15-7-10(18)3-6-13(15)19)25-17(23)12-5-4-11(24-2)8-14(12)20/h3-9H,1-2H3,(H,21,22)/t9-/m0/s1. The monoisotopic (exact) mass is 353 g/mol. The van der Waals surface area contributed by atoms with Gasteiger partial charge in [-0.05, 0) is 31.2 Å². The molecule has 1 amide bonds. The Balaban J connectivity index is 2.05. The zero-order valence-electron chi connectivity index (χ0n) is 13.3. The van der Waals surface area contributed by atoms with Crippen molar-refractivity contribution in [3.63, 3.8) is 0 Å². The van der Waals surface area contributed by atoms with Gasteiger partial charge in [0.1, 0.15) is 23.2 Å². The summed E-state index contributed by atoms with van der Waals surface area (Å²) in [4.78, 5) is 23.9. The Kier molecular flexibility index (Phi) is 5.63. The third kappa shape index (κ3) is 4.50. The third-order valence-corrected chi connectivity index (χ3v) is 3.24. The molecule has 2 aromatic carbocycles. The maximum atomic E-state index is 13.8. The van der Waals surface area contributed by atoms with E-state index in [0.29, 0.717) is 0 Å². The summed E-state index contributed by atoms with van der Waals surface area (Å²) in [6, 6.07) is 6.00. The van der Waals surface area contributed by atoms with Crippen molar-refractivity contribution in [1.82, 2.24) is 0 Å². The van der Waals surface area contributed by atoms with Crippen molar-refractivity contribution in [2.45, 2.75) is 13.0 Å². The molecule has 1 atom stereocenters. The summed E-state index contributed by atoms with van der Waals surface area (Å²) in [5.41, 5.74) is -0.791. The van der Waals surface area contributed by atoms with E-state index in [1.807, 2.05) is 0 Å². The zero-order valence-corrected chi connectivity index (χ0v) is 13.3. The summed E-state index contributed by atoms with van der Waals surface area (Å²) in [5, 5.41) is 2.10. The van der Waals surface area contributed by atoms with Gasteiger partial charge in [0, 0.05) is 12.1 Å². The molecular formula is C17H14F3NO4. The van der Waals surface area contributed by atoms with Crippen LogP contribution in [0.2, 0.25) is 0 Å². The molecule has 0 saturated carbocycles. The Morgan fingerprint density at radius 3 is 2.40 bits per heavy atom. The molecule has 0 bridgehead atoms. The van der Waals surface area contributed by atoms with Crippen LogP contribution in [-0.2, 0) is 9.53 Å². The Morgan fingerprint density at radius 1 is 1.04 bits per heavy atom. The second-order valence-electron chi connectivity index (χ2n) is 5.01. The molecule has 1 N–H and O–H groups in total. The zero-order chi connectivity index (χ0) is 18.6. The smallest absolute Gasteiger partial charge is 0.341 e. The van der Waals surface area contributed by atoms with Crippen LogP contribution in [0.15, 0.2) is 36.4 Å². The molecule has 2 rings (SSSR count). The van der Waals surface area contributed by atoms with E-state index in [0.717, 1.165) is 30.3 Å². The molecule has 0 heterocycles. The fourth-order valence-electron chi connectivity index (χ4n) is 1.89. The van der Waals surface area contributed by atoms with Crippen LogP contribution in [-0.4, -0.2) is 25.1 Å². The molecule has 0 aromatic heterocycles. The van der Waals surface area contributed by atoms with Crippen LogP contribution in [0, 0.1) is 17.5 Å². The average Bonchev–Trinajstić information content (AvgIpc) is 2.57. The molecule has 0 fully saturated rings. The van der Waals surface area contributed by atoms with E-state index < -0.39 is 46.7 Å². The molecule has 0 unspecified atom stereocenters. The van der Waals surface area contributed by atoms with Crippen LogP contribution >= 0.6 is 0 Å². The summed E-state index contributed by atoms with van der Waals surface area (Å²) in [5.74, 6) is -4.25. The molecule has 25 heavy (non-hydrogen) atoms. The van der Waals surface area contributed by atoms with E-state index in [2.05, 4.69) is 5.32 Å². The lowest BCUT2D eigenvalue weighted by molar-refractivity contribution is -0.123. The van der Waals surface area contributed by atoms with Gasteiger partial charge in [-0.25, -0.2) is 18.0 Å². The maximum absolute atomic E-state index is 13.8. The molecule has 5 nitrogen and oxygen atoms in total. The number of esters is 1. The molecule has 132 valence electrons. The highest BCUT2D eigenvalue weighted by Crippen LogP contribution is 2.19. The van der Waals surface area contributed by atoms with Crippen LogP contribution in [0.25, 0.3) is 0 Å². The SMILES string of the molecule is COc1ccc(C(=O)O[C@@H](C)C(=O)Nc2cc(F)ccc2F)c(F)c1. The minimum absolute atomic E-state index is 0.210. The van der Waals surface area contributed by atoms with E-state index in [9.17, 15) is 22.8 Å². The molecule has 2 aromatic rings. The number of benzene rings is 2. The third-order valence-electron chi connectivity index (χ3n) is 3.24. The number of halogens is 3. The summed E-state index contributed by atoms with van der Waals surface area (Å²) in [6.45, 7) is 1.21. The first-order valence-electron chi connectivity index (χ1n) is 7.12. The number of carbonyl (C=O) groups excluding carboxylic acids is 2. The molecule has 0 aliphatic rings. The topological polar surface area (TPSA) is 64.6 Å². The van der Waals surface area contributed by atoms with Crippen LogP contribution in [0.4, 0.5) is 18.9 Å². The molecular weight excluding hydrogens is 339 g/mol. The van der Waals surface area contributed by atoms with Gasteiger partial charge >= 0.3 is 5.97 Å². The van der Waals surface area contributed by atoms with Crippen molar-refractivity contribution in [1.29, 1.82) is 0 Å². The molecule has 0 saturated heterocycles. The quantitative estimate of drug-likeness (QED) is 0.838. The number of rotatable bonds is 5. The summed E-state index contributed by atoms with van der Waals surface area (Å²) >= 11 is 0. The van der Waals surface area contributed by atoms with Crippen LogP contribution in [0.3, 0.4) is 0 Å². The van der Waals surface area contributed by atoms with Gasteiger partial charge in [-0.1, -0.05) is 0 Å². The van der Waals surface area contributed by atoms with Crippen molar-refractivity contribution in [2.24, 2.45) is 0 Å². The van der Waals surface area contributed by atoms with Crippen molar-refractivity contribution < 1.29 is 32.2 Å². The number of carbonyl (C=O) groups is 2. The van der Waals surface area contributed by atoms with Crippen molar-refractivity contribution in [3.8, 4) is 5.75 Å². The average molecular weight is 353 g/mol. The van der Waals surface area contributed by atoms with Gasteiger partial charge in [0.25, 0.3) is 5.91 Å². The Bertz CT molecular complexity index is 810. The van der Waals surface area contributed by atoms with Gasteiger partial charge in [0.2, 0.25) is 0 Å². The predicted octanol–water partition coefficient (Wildman–Crippen LogP) is 3.30. The lowest BCUT2D eigenvalue weighted by Gasteiger charge is -2.14. The number of hydrogen-bond acceptors (Lipinski definition) is 4. The molecule has 0 spiro atoms. The Hall–Kier alpha value is -3.03. The van der Waals surface area contributed by atoms with Gasteiger partial charge in [-0.2, -0.15) is 0 Å². The highest BCUT2D eigenvalue weighted by molar-refractivity contribution is 5.97. The van der Waals surface area contributed by atoms with E-state index in [4.69, 9.17) is 9.47 Å². The second-order valence-corrected chi connectivity index (χ2v) is 5.01. The minimum Gasteiger partial charge on any atom is -0.497 e. The van der Waals surface area contributed by atoms with Gasteiger partial charge in [0.15, 0.2) is 6.10 Å². The van der Waals surface area contributed by atoms with E-state index in [1.54, 1.807) is 0 Å². The van der Waals surface area contributed by atoms with Gasteiger partial charge in [-0.3, -0.25) is 4.79 Å². The largest absolute Gasteiger partial charge is 0.497 e. The van der Waals surface area contributed by atoms with Gasteiger partial charge in [-0.15, -0.1) is 0 Å². The number of methoxy groups -OCH3 is 1. The Morgan fingerprint density at radius 2 is 1.76 bits per heavy atom. The summed E-state index contributed by atoms with van der Waals surface area (Å²) in [7, 11) is 1.34. The molecule has 8 heteroatoms. The predicted molar refractivity (Wildman–Crippen MR) is 82.8 cm³/mol. The number of nitrogens with one attached hydrogen (secondary N) is 1. The van der Waals surface area contributed by atoms with Crippen LogP contribution in [0.5, 0.6) is 5.75 Å². The fraction of sp³-hybridized carbons (Fsp3) is 0.176. The lowest BCUT2D eigenvalue weighted by atomic mass is 10.2. The fourth-order valence-corrected chi connectivity index (χ4v) is 1.89. The number of ether oxygens (including phenoxy) is 2. The number of anilines is 1. The first-order chi connectivity index (χ1) is 11.8. The highest BCUT2D eigenvalue weighted by atomic mass is 19.1. The highest BCUT2D eigenvalue weighted by Gasteiger charge is 2.22.